The van der Waals surface area contributed by atoms with Crippen molar-refractivity contribution < 1.29 is 23.8 Å². The average molecular weight is 485 g/mol. The Morgan fingerprint density at radius 2 is 1.94 bits per heavy atom. The van der Waals surface area contributed by atoms with Gasteiger partial charge in [0.2, 0.25) is 0 Å². The Kier molecular flexibility index (Phi) is 6.24. The van der Waals surface area contributed by atoms with Gasteiger partial charge in [0.15, 0.2) is 0 Å². The van der Waals surface area contributed by atoms with E-state index in [9.17, 15) is 15.0 Å². The molecule has 1 heterocycles. The SMILES string of the molecule is NC1(c2ccc(Cl)cc2F)C(CC2(CO)CCC2)NC(C(=O)O)C1c1cccc(Cl)c1F. The van der Waals surface area contributed by atoms with Crippen LogP contribution in [0.15, 0.2) is 36.4 Å². The first-order valence-corrected chi connectivity index (χ1v) is 11.2. The lowest BCUT2D eigenvalue weighted by atomic mass is 9.62. The van der Waals surface area contributed by atoms with Gasteiger partial charge >= 0.3 is 5.97 Å². The highest BCUT2D eigenvalue weighted by Crippen LogP contribution is 2.53. The van der Waals surface area contributed by atoms with Gasteiger partial charge in [-0.25, -0.2) is 8.78 Å². The van der Waals surface area contributed by atoms with Crippen molar-refractivity contribution in [1.29, 1.82) is 0 Å². The Hall–Kier alpha value is -1.77. The molecule has 1 saturated heterocycles. The van der Waals surface area contributed by atoms with E-state index in [4.69, 9.17) is 28.9 Å². The van der Waals surface area contributed by atoms with Crippen LogP contribution in [0.5, 0.6) is 0 Å². The van der Waals surface area contributed by atoms with Crippen molar-refractivity contribution in [2.45, 2.75) is 49.2 Å². The molecule has 0 radical (unpaired) electrons. The predicted molar refractivity (Wildman–Crippen MR) is 118 cm³/mol. The fourth-order valence-electron chi connectivity index (χ4n) is 5.32. The number of rotatable bonds is 6. The van der Waals surface area contributed by atoms with Crippen LogP contribution in [0.4, 0.5) is 8.78 Å². The van der Waals surface area contributed by atoms with Crippen LogP contribution >= 0.6 is 23.2 Å². The highest BCUT2D eigenvalue weighted by molar-refractivity contribution is 6.31. The van der Waals surface area contributed by atoms with Gasteiger partial charge in [-0.05, 0) is 48.4 Å². The fraction of sp³-hybridized carbons (Fsp3) is 0.435. The van der Waals surface area contributed by atoms with Crippen LogP contribution in [0.1, 0.15) is 42.7 Å². The molecule has 0 aromatic heterocycles. The summed E-state index contributed by atoms with van der Waals surface area (Å²) in [5.41, 5.74) is 4.86. The molecule has 9 heteroatoms. The van der Waals surface area contributed by atoms with Crippen LogP contribution in [0.25, 0.3) is 0 Å². The second kappa shape index (κ2) is 8.54. The number of aliphatic hydroxyl groups excluding tert-OH is 1. The molecule has 4 atom stereocenters. The van der Waals surface area contributed by atoms with Gasteiger partial charge < -0.3 is 15.9 Å². The van der Waals surface area contributed by atoms with Gasteiger partial charge in [-0.15, -0.1) is 0 Å². The van der Waals surface area contributed by atoms with Gasteiger partial charge in [-0.3, -0.25) is 10.1 Å². The van der Waals surface area contributed by atoms with Gasteiger partial charge in [0.25, 0.3) is 0 Å². The van der Waals surface area contributed by atoms with Crippen LogP contribution in [0, 0.1) is 17.0 Å². The molecular weight excluding hydrogens is 461 g/mol. The van der Waals surface area contributed by atoms with Gasteiger partial charge in [0, 0.05) is 29.2 Å². The van der Waals surface area contributed by atoms with E-state index in [1.807, 2.05) is 0 Å². The topological polar surface area (TPSA) is 95.6 Å². The maximum atomic E-state index is 15.2. The third-order valence-corrected chi connectivity index (χ3v) is 7.70. The number of carboxylic acid groups (broad SMARTS) is 1. The van der Waals surface area contributed by atoms with E-state index in [0.717, 1.165) is 25.3 Å². The van der Waals surface area contributed by atoms with Gasteiger partial charge in [-0.1, -0.05) is 47.8 Å². The first-order valence-electron chi connectivity index (χ1n) is 10.4. The Labute approximate surface area is 194 Å². The van der Waals surface area contributed by atoms with Crippen LogP contribution in [0.2, 0.25) is 10.0 Å². The quantitative estimate of drug-likeness (QED) is 0.493. The minimum absolute atomic E-state index is 0.0107. The van der Waals surface area contributed by atoms with Gasteiger partial charge in [0.1, 0.15) is 17.7 Å². The third kappa shape index (κ3) is 3.70. The molecule has 2 fully saturated rings. The molecule has 5 N–H and O–H groups in total. The summed E-state index contributed by atoms with van der Waals surface area (Å²) < 4.78 is 30.4. The third-order valence-electron chi connectivity index (χ3n) is 7.17. The normalized spacial score (nSPS) is 29.0. The lowest BCUT2D eigenvalue weighted by Gasteiger charge is -2.46. The largest absolute Gasteiger partial charge is 0.480 e. The molecule has 1 saturated carbocycles. The first-order chi connectivity index (χ1) is 15.1. The van der Waals surface area contributed by atoms with Crippen LogP contribution < -0.4 is 11.1 Å². The minimum atomic E-state index is -1.65. The standard InChI is InChI=1S/C23H24Cl2F2N2O3/c24-12-5-6-14(16(26)9-12)23(28)17(10-22(11-30)7-2-8-22)29-20(21(31)32)18(23)13-3-1-4-15(25)19(13)27/h1,3-6,9,17-18,20,29-30H,2,7-8,10-11,28H2,(H,31,32). The first kappa shape index (κ1) is 23.4. The van der Waals surface area contributed by atoms with Crippen molar-refractivity contribution in [2.75, 3.05) is 6.61 Å². The molecule has 2 aliphatic rings. The summed E-state index contributed by atoms with van der Waals surface area (Å²) in [5, 5.41) is 23.0. The molecule has 2 aromatic rings. The van der Waals surface area contributed by atoms with E-state index in [1.165, 1.54) is 30.3 Å². The van der Waals surface area contributed by atoms with Crippen molar-refractivity contribution in [3.63, 3.8) is 0 Å². The Balaban J connectivity index is 1.93. The van der Waals surface area contributed by atoms with E-state index >= 15 is 8.78 Å². The van der Waals surface area contributed by atoms with E-state index < -0.39 is 46.6 Å². The molecule has 32 heavy (non-hydrogen) atoms. The smallest absolute Gasteiger partial charge is 0.321 e. The second-order valence-corrected chi connectivity index (χ2v) is 9.77. The summed E-state index contributed by atoms with van der Waals surface area (Å²) in [5.74, 6) is -3.92. The van der Waals surface area contributed by atoms with Crippen LogP contribution in [-0.2, 0) is 10.3 Å². The number of benzene rings is 2. The fourth-order valence-corrected chi connectivity index (χ4v) is 5.66. The van der Waals surface area contributed by atoms with Crippen molar-refractivity contribution in [2.24, 2.45) is 11.1 Å². The number of carbonyl (C=O) groups is 1. The number of halogens is 4. The number of carboxylic acids is 1. The molecule has 1 aliphatic heterocycles. The minimum Gasteiger partial charge on any atom is -0.480 e. The summed E-state index contributed by atoms with van der Waals surface area (Å²) in [6, 6.07) is 6.21. The Morgan fingerprint density at radius 3 is 2.50 bits per heavy atom. The number of hydrogen-bond donors (Lipinski definition) is 4. The van der Waals surface area contributed by atoms with Crippen LogP contribution in [-0.4, -0.2) is 34.9 Å². The van der Waals surface area contributed by atoms with Crippen molar-refractivity contribution in [3.8, 4) is 0 Å². The van der Waals surface area contributed by atoms with Crippen LogP contribution in [0.3, 0.4) is 0 Å². The van der Waals surface area contributed by atoms with E-state index in [2.05, 4.69) is 5.32 Å². The number of aliphatic hydroxyl groups is 1. The summed E-state index contributed by atoms with van der Waals surface area (Å²) in [7, 11) is 0. The molecule has 0 spiro atoms. The maximum absolute atomic E-state index is 15.2. The highest BCUT2D eigenvalue weighted by Gasteiger charge is 2.59. The number of hydrogen-bond acceptors (Lipinski definition) is 4. The molecule has 5 nitrogen and oxygen atoms in total. The lowest BCUT2D eigenvalue weighted by Crippen LogP contribution is -2.54. The van der Waals surface area contributed by atoms with E-state index in [0.29, 0.717) is 6.42 Å². The van der Waals surface area contributed by atoms with E-state index in [1.54, 1.807) is 0 Å². The lowest BCUT2D eigenvalue weighted by molar-refractivity contribution is -0.139. The van der Waals surface area contributed by atoms with Gasteiger partial charge in [0.05, 0.1) is 10.6 Å². The molecule has 1 aliphatic carbocycles. The summed E-state index contributed by atoms with van der Waals surface area (Å²) in [6.07, 6.45) is 2.73. The molecule has 4 rings (SSSR count). The molecule has 4 unspecified atom stereocenters. The van der Waals surface area contributed by atoms with Gasteiger partial charge in [-0.2, -0.15) is 0 Å². The molecular formula is C23H24Cl2F2N2O3. The zero-order valence-corrected chi connectivity index (χ0v) is 18.6. The van der Waals surface area contributed by atoms with Crippen molar-refractivity contribution >= 4 is 29.2 Å². The van der Waals surface area contributed by atoms with E-state index in [-0.39, 0.29) is 27.8 Å². The average Bonchev–Trinajstić information content (AvgIpc) is 3.00. The second-order valence-electron chi connectivity index (χ2n) is 8.93. The number of aliphatic carboxylic acids is 1. The molecule has 0 amide bonds. The highest BCUT2D eigenvalue weighted by atomic mass is 35.5. The summed E-state index contributed by atoms with van der Waals surface area (Å²) in [4.78, 5) is 12.3. The van der Waals surface area contributed by atoms with Crippen molar-refractivity contribution in [1.82, 2.24) is 5.32 Å². The Bertz CT molecular complexity index is 1040. The molecule has 2 aromatic carbocycles. The zero-order chi connectivity index (χ0) is 23.3. The predicted octanol–water partition coefficient (Wildman–Crippen LogP) is 4.19. The Morgan fingerprint density at radius 1 is 1.22 bits per heavy atom. The summed E-state index contributed by atoms with van der Waals surface area (Å²) in [6.45, 7) is -0.0989. The van der Waals surface area contributed by atoms with Crippen molar-refractivity contribution in [3.05, 3.63) is 69.2 Å². The summed E-state index contributed by atoms with van der Waals surface area (Å²) >= 11 is 11.9. The monoisotopic (exact) mass is 484 g/mol. The molecule has 172 valence electrons. The zero-order valence-electron chi connectivity index (χ0n) is 17.1. The number of nitrogens with one attached hydrogen (secondary N) is 1. The molecule has 0 bridgehead atoms. The maximum Gasteiger partial charge on any atom is 0.321 e. The number of nitrogens with two attached hydrogens (primary N) is 1.